The van der Waals surface area contributed by atoms with E-state index >= 15 is 0 Å². The number of benzene rings is 2. The molecule has 0 bridgehead atoms. The lowest BCUT2D eigenvalue weighted by Gasteiger charge is -2.35. The third-order valence-corrected chi connectivity index (χ3v) is 8.11. The topological polar surface area (TPSA) is 43.4 Å². The summed E-state index contributed by atoms with van der Waals surface area (Å²) in [6, 6.07) is 18.9. The van der Waals surface area contributed by atoms with Gasteiger partial charge < -0.3 is 9.30 Å². The molecule has 0 aliphatic heterocycles. The first kappa shape index (κ1) is 19.2. The summed E-state index contributed by atoms with van der Waals surface area (Å²) in [6.45, 7) is 9.19. The van der Waals surface area contributed by atoms with E-state index in [1.54, 1.807) is 6.08 Å². The van der Waals surface area contributed by atoms with Crippen LogP contribution >= 0.6 is 7.14 Å². The molecule has 0 aliphatic rings. The molecule has 3 nitrogen and oxygen atoms in total. The fourth-order valence-electron chi connectivity index (χ4n) is 3.25. The van der Waals surface area contributed by atoms with Crippen LogP contribution in [0, 0.1) is 5.92 Å². The molecule has 0 unspecified atom stereocenters. The van der Waals surface area contributed by atoms with Gasteiger partial charge in [-0.05, 0) is 5.92 Å². The van der Waals surface area contributed by atoms with Gasteiger partial charge in [-0.1, -0.05) is 87.2 Å². The van der Waals surface area contributed by atoms with Gasteiger partial charge in [-0.25, -0.2) is 0 Å². The van der Waals surface area contributed by atoms with E-state index in [4.69, 9.17) is 4.74 Å². The van der Waals surface area contributed by atoms with E-state index in [1.807, 2.05) is 74.5 Å². The van der Waals surface area contributed by atoms with Crippen LogP contribution in [0.3, 0.4) is 0 Å². The lowest BCUT2D eigenvalue weighted by atomic mass is 10.1. The van der Waals surface area contributed by atoms with E-state index < -0.39 is 24.9 Å². The molecule has 0 N–H and O–H groups in total. The van der Waals surface area contributed by atoms with Crippen molar-refractivity contribution in [2.45, 2.75) is 32.5 Å². The summed E-state index contributed by atoms with van der Waals surface area (Å²) in [4.78, 5) is 11.6. The Bertz CT molecular complexity index is 710. The molecule has 2 aromatic carbocycles. The molecule has 4 heteroatoms. The zero-order valence-electron chi connectivity index (χ0n) is 15.0. The van der Waals surface area contributed by atoms with Crippen molar-refractivity contribution in [3.05, 3.63) is 73.3 Å². The molecule has 0 heterocycles. The normalized spacial score (nSPS) is 13.9. The van der Waals surface area contributed by atoms with Gasteiger partial charge in [0, 0.05) is 17.5 Å². The molecule has 25 heavy (non-hydrogen) atoms. The lowest BCUT2D eigenvalue weighted by Crippen LogP contribution is -2.39. The Morgan fingerprint density at radius 1 is 1.00 bits per heavy atom. The summed E-state index contributed by atoms with van der Waals surface area (Å²) in [7, 11) is -3.07. The summed E-state index contributed by atoms with van der Waals surface area (Å²) >= 11 is 0. The summed E-state index contributed by atoms with van der Waals surface area (Å²) in [5.74, 6) is -0.378. The minimum Gasteiger partial charge on any atom is -0.457 e. The van der Waals surface area contributed by atoms with E-state index in [1.165, 1.54) is 6.92 Å². The molecule has 0 radical (unpaired) electrons. The van der Waals surface area contributed by atoms with Crippen LogP contribution in [0.15, 0.2) is 73.3 Å². The number of esters is 1. The maximum absolute atomic E-state index is 14.5. The van der Waals surface area contributed by atoms with Crippen molar-refractivity contribution >= 4 is 23.7 Å². The predicted octanol–water partition coefficient (Wildman–Crippen LogP) is 4.14. The zero-order valence-corrected chi connectivity index (χ0v) is 15.9. The zero-order chi connectivity index (χ0) is 18.4. The molecule has 0 amide bonds. The summed E-state index contributed by atoms with van der Waals surface area (Å²) in [6.07, 6.45) is 0.966. The highest BCUT2D eigenvalue weighted by molar-refractivity contribution is 7.79. The molecule has 0 aliphatic carbocycles. The minimum atomic E-state index is -3.07. The van der Waals surface area contributed by atoms with E-state index in [0.29, 0.717) is 0 Å². The molecule has 0 fully saturated rings. The molecule has 0 saturated carbocycles. The third kappa shape index (κ3) is 4.11. The standard InChI is InChI=1S/C21H25O3P/c1-5-20(24-17(4)22)21(16(2)3)25(23,18-12-8-6-9-13-18)19-14-10-7-11-15-19/h5-16,20-21H,1H2,2-4H3/t20-,21+/m0/s1. The maximum atomic E-state index is 14.5. The first-order valence-corrected chi connectivity index (χ1v) is 10.2. The second-order valence-electron chi connectivity index (χ2n) is 6.37. The number of hydrogen-bond donors (Lipinski definition) is 0. The van der Waals surface area contributed by atoms with Crippen molar-refractivity contribution in [2.75, 3.05) is 0 Å². The lowest BCUT2D eigenvalue weighted by molar-refractivity contribution is -0.144. The number of rotatable bonds is 7. The highest BCUT2D eigenvalue weighted by Crippen LogP contribution is 2.53. The van der Waals surface area contributed by atoms with Crippen LogP contribution in [0.1, 0.15) is 20.8 Å². The Morgan fingerprint density at radius 3 is 1.76 bits per heavy atom. The Labute approximate surface area is 150 Å². The molecular weight excluding hydrogens is 331 g/mol. The Morgan fingerprint density at radius 2 is 1.44 bits per heavy atom. The SMILES string of the molecule is C=C[C@H](OC(C)=O)[C@@H](C(C)C)P(=O)(c1ccccc1)c1ccccc1. The van der Waals surface area contributed by atoms with E-state index in [9.17, 15) is 9.36 Å². The van der Waals surface area contributed by atoms with Gasteiger partial charge in [-0.2, -0.15) is 0 Å². The van der Waals surface area contributed by atoms with Gasteiger partial charge in [-0.15, -0.1) is 0 Å². The van der Waals surface area contributed by atoms with E-state index in [2.05, 4.69) is 6.58 Å². The highest BCUT2D eigenvalue weighted by atomic mass is 31.2. The molecular formula is C21H25O3P. The fourth-order valence-corrected chi connectivity index (χ4v) is 6.90. The minimum absolute atomic E-state index is 0.0218. The first-order chi connectivity index (χ1) is 11.9. The second-order valence-corrected chi connectivity index (χ2v) is 9.32. The molecule has 0 saturated heterocycles. The molecule has 0 aromatic heterocycles. The Kier molecular flexibility index (Phi) is 6.39. The number of carbonyl (C=O) groups is 1. The van der Waals surface area contributed by atoms with Crippen LogP contribution in [0.4, 0.5) is 0 Å². The van der Waals surface area contributed by atoms with Crippen molar-refractivity contribution in [1.82, 2.24) is 0 Å². The third-order valence-electron chi connectivity index (χ3n) is 4.25. The molecule has 2 atom stereocenters. The highest BCUT2D eigenvalue weighted by Gasteiger charge is 2.43. The average molecular weight is 356 g/mol. The van der Waals surface area contributed by atoms with Crippen molar-refractivity contribution in [3.63, 3.8) is 0 Å². The molecule has 0 spiro atoms. The second kappa shape index (κ2) is 8.31. The van der Waals surface area contributed by atoms with Gasteiger partial charge in [0.05, 0.1) is 5.66 Å². The van der Waals surface area contributed by atoms with Gasteiger partial charge in [0.2, 0.25) is 0 Å². The quantitative estimate of drug-likeness (QED) is 0.425. The van der Waals surface area contributed by atoms with E-state index in [0.717, 1.165) is 10.6 Å². The van der Waals surface area contributed by atoms with Gasteiger partial charge in [-0.3, -0.25) is 4.79 Å². The van der Waals surface area contributed by atoms with Crippen LogP contribution in [0.2, 0.25) is 0 Å². The monoisotopic (exact) mass is 356 g/mol. The van der Waals surface area contributed by atoms with E-state index in [-0.39, 0.29) is 5.92 Å². The average Bonchev–Trinajstić information content (AvgIpc) is 2.61. The van der Waals surface area contributed by atoms with Crippen LogP contribution in [-0.2, 0) is 14.1 Å². The largest absolute Gasteiger partial charge is 0.457 e. The van der Waals surface area contributed by atoms with Gasteiger partial charge in [0.1, 0.15) is 13.2 Å². The molecule has 132 valence electrons. The number of carbonyl (C=O) groups excluding carboxylic acids is 1. The van der Waals surface area contributed by atoms with Crippen molar-refractivity contribution in [3.8, 4) is 0 Å². The molecule has 2 aromatic rings. The van der Waals surface area contributed by atoms with Crippen molar-refractivity contribution in [2.24, 2.45) is 5.92 Å². The molecule has 2 rings (SSSR count). The Balaban J connectivity index is 2.70. The fraction of sp³-hybridized carbons (Fsp3) is 0.286. The van der Waals surface area contributed by atoms with Crippen molar-refractivity contribution in [1.29, 1.82) is 0 Å². The van der Waals surface area contributed by atoms with Crippen LogP contribution in [0.25, 0.3) is 0 Å². The maximum Gasteiger partial charge on any atom is 0.303 e. The van der Waals surface area contributed by atoms with Crippen LogP contribution in [0.5, 0.6) is 0 Å². The van der Waals surface area contributed by atoms with Crippen LogP contribution in [-0.4, -0.2) is 17.7 Å². The number of hydrogen-bond acceptors (Lipinski definition) is 3. The van der Waals surface area contributed by atoms with Gasteiger partial charge >= 0.3 is 5.97 Å². The number of ether oxygens (including phenoxy) is 1. The van der Waals surface area contributed by atoms with Gasteiger partial charge in [0.15, 0.2) is 0 Å². The summed E-state index contributed by atoms with van der Waals surface area (Å²) < 4.78 is 20.0. The first-order valence-electron chi connectivity index (χ1n) is 8.42. The summed E-state index contributed by atoms with van der Waals surface area (Å²) in [5.41, 5.74) is -0.390. The van der Waals surface area contributed by atoms with Gasteiger partial charge in [0.25, 0.3) is 0 Å². The van der Waals surface area contributed by atoms with Crippen LogP contribution < -0.4 is 10.6 Å². The predicted molar refractivity (Wildman–Crippen MR) is 104 cm³/mol. The smallest absolute Gasteiger partial charge is 0.303 e. The Hall–Kier alpha value is -2.12. The van der Waals surface area contributed by atoms with Crippen molar-refractivity contribution < 1.29 is 14.1 Å². The summed E-state index contributed by atoms with van der Waals surface area (Å²) in [5, 5.41) is 1.53.